The molecule has 3 rings (SSSR count). The van der Waals surface area contributed by atoms with Crippen LogP contribution in [0.3, 0.4) is 0 Å². The Labute approximate surface area is 108 Å². The molecule has 1 aromatic carbocycles. The van der Waals surface area contributed by atoms with Crippen molar-refractivity contribution in [1.29, 1.82) is 0 Å². The minimum atomic E-state index is -0.211. The molecule has 98 valence electrons. The molecule has 0 bridgehead atoms. The van der Waals surface area contributed by atoms with E-state index in [1.165, 1.54) is 16.9 Å². The maximum atomic E-state index is 12.4. The van der Waals surface area contributed by atoms with Crippen LogP contribution in [-0.2, 0) is 4.79 Å². The summed E-state index contributed by atoms with van der Waals surface area (Å²) >= 11 is 0. The first-order valence-electron chi connectivity index (χ1n) is 5.99. The molecular formula is C12H12N4O3. The first-order chi connectivity index (χ1) is 9.16. The second-order valence-corrected chi connectivity index (χ2v) is 4.39. The molecule has 1 fully saturated rings. The lowest BCUT2D eigenvalue weighted by molar-refractivity contribution is -0.137. The first-order valence-corrected chi connectivity index (χ1v) is 5.99. The molecule has 0 unspecified atom stereocenters. The lowest BCUT2D eigenvalue weighted by atomic mass is 10.2. The molecule has 0 N–H and O–H groups in total. The monoisotopic (exact) mass is 260 g/mol. The topological polar surface area (TPSA) is 79.5 Å². The summed E-state index contributed by atoms with van der Waals surface area (Å²) in [6.07, 6.45) is 0.791. The van der Waals surface area contributed by atoms with Crippen molar-refractivity contribution in [3.05, 3.63) is 23.8 Å². The van der Waals surface area contributed by atoms with E-state index in [1.54, 1.807) is 18.2 Å². The SMILES string of the molecule is CC(=O)N1CCCN1C(=O)c1ccc2nonc2c1. The van der Waals surface area contributed by atoms with Crippen molar-refractivity contribution in [2.45, 2.75) is 13.3 Å². The average Bonchev–Trinajstić information content (AvgIpc) is 3.05. The van der Waals surface area contributed by atoms with Crippen LogP contribution in [0.2, 0.25) is 0 Å². The van der Waals surface area contributed by atoms with Crippen molar-refractivity contribution in [2.75, 3.05) is 13.1 Å². The van der Waals surface area contributed by atoms with Gasteiger partial charge in [-0.1, -0.05) is 0 Å². The molecule has 1 aliphatic heterocycles. The van der Waals surface area contributed by atoms with Crippen molar-refractivity contribution >= 4 is 22.8 Å². The maximum absolute atomic E-state index is 12.4. The summed E-state index contributed by atoms with van der Waals surface area (Å²) in [5, 5.41) is 10.3. The van der Waals surface area contributed by atoms with Gasteiger partial charge in [-0.3, -0.25) is 14.6 Å². The second kappa shape index (κ2) is 4.34. The molecule has 19 heavy (non-hydrogen) atoms. The van der Waals surface area contributed by atoms with E-state index in [9.17, 15) is 9.59 Å². The number of aromatic nitrogens is 2. The highest BCUT2D eigenvalue weighted by molar-refractivity contribution is 5.98. The van der Waals surface area contributed by atoms with Crippen LogP contribution in [0.4, 0.5) is 0 Å². The van der Waals surface area contributed by atoms with Crippen LogP contribution in [0.1, 0.15) is 23.7 Å². The number of carbonyl (C=O) groups is 2. The van der Waals surface area contributed by atoms with Crippen molar-refractivity contribution in [2.24, 2.45) is 0 Å². The lowest BCUT2D eigenvalue weighted by Crippen LogP contribution is -2.43. The predicted octanol–water partition coefficient (Wildman–Crippen LogP) is 0.832. The zero-order chi connectivity index (χ0) is 13.4. The molecule has 1 aliphatic rings. The molecule has 7 heteroatoms. The summed E-state index contributed by atoms with van der Waals surface area (Å²) in [6.45, 7) is 2.58. The Hall–Kier alpha value is -2.44. The van der Waals surface area contributed by atoms with Gasteiger partial charge in [0.1, 0.15) is 11.0 Å². The molecule has 0 saturated carbocycles. The van der Waals surface area contributed by atoms with Gasteiger partial charge >= 0.3 is 0 Å². The van der Waals surface area contributed by atoms with E-state index in [0.717, 1.165) is 6.42 Å². The number of hydrogen-bond donors (Lipinski definition) is 0. The van der Waals surface area contributed by atoms with Gasteiger partial charge in [-0.05, 0) is 34.9 Å². The third-order valence-electron chi connectivity index (χ3n) is 3.13. The van der Waals surface area contributed by atoms with Crippen molar-refractivity contribution < 1.29 is 14.2 Å². The molecule has 0 aliphatic carbocycles. The number of hydrazine groups is 1. The zero-order valence-electron chi connectivity index (χ0n) is 10.4. The Morgan fingerprint density at radius 2 is 1.89 bits per heavy atom. The largest absolute Gasteiger partial charge is 0.273 e. The fourth-order valence-electron chi connectivity index (χ4n) is 2.21. The Kier molecular flexibility index (Phi) is 2.66. The van der Waals surface area contributed by atoms with E-state index in [0.29, 0.717) is 29.7 Å². The van der Waals surface area contributed by atoms with Crippen LogP contribution in [-0.4, -0.2) is 45.2 Å². The molecule has 2 amide bonds. The van der Waals surface area contributed by atoms with Gasteiger partial charge in [-0.25, -0.2) is 9.64 Å². The van der Waals surface area contributed by atoms with E-state index in [1.807, 2.05) is 0 Å². The third kappa shape index (κ3) is 1.92. The molecular weight excluding hydrogens is 248 g/mol. The van der Waals surface area contributed by atoms with Gasteiger partial charge in [-0.15, -0.1) is 0 Å². The molecule has 7 nitrogen and oxygen atoms in total. The van der Waals surface area contributed by atoms with Gasteiger partial charge in [0.2, 0.25) is 5.91 Å². The van der Waals surface area contributed by atoms with Crippen molar-refractivity contribution in [3.63, 3.8) is 0 Å². The summed E-state index contributed by atoms with van der Waals surface area (Å²) in [7, 11) is 0. The smallest absolute Gasteiger partial charge is 0.272 e. The number of nitrogens with zero attached hydrogens (tertiary/aromatic N) is 4. The average molecular weight is 260 g/mol. The summed E-state index contributed by atoms with van der Waals surface area (Å²) in [6, 6.07) is 4.95. The number of carbonyl (C=O) groups excluding carboxylic acids is 2. The zero-order valence-corrected chi connectivity index (χ0v) is 10.4. The number of amides is 2. The number of benzene rings is 1. The van der Waals surface area contributed by atoms with Crippen molar-refractivity contribution in [3.8, 4) is 0 Å². The molecule has 0 spiro atoms. The summed E-state index contributed by atoms with van der Waals surface area (Å²) in [5.41, 5.74) is 1.59. The van der Waals surface area contributed by atoms with Crippen LogP contribution in [0.5, 0.6) is 0 Å². The molecule has 1 aromatic heterocycles. The van der Waals surface area contributed by atoms with E-state index in [-0.39, 0.29) is 11.8 Å². The minimum Gasteiger partial charge on any atom is -0.273 e. The van der Waals surface area contributed by atoms with E-state index in [4.69, 9.17) is 0 Å². The highest BCUT2D eigenvalue weighted by Gasteiger charge is 2.29. The Balaban J connectivity index is 1.92. The van der Waals surface area contributed by atoms with Gasteiger partial charge in [0.25, 0.3) is 5.91 Å². The third-order valence-corrected chi connectivity index (χ3v) is 3.13. The van der Waals surface area contributed by atoms with Crippen molar-refractivity contribution in [1.82, 2.24) is 20.3 Å². The minimum absolute atomic E-state index is 0.130. The predicted molar refractivity (Wildman–Crippen MR) is 64.8 cm³/mol. The van der Waals surface area contributed by atoms with E-state index >= 15 is 0 Å². The van der Waals surface area contributed by atoms with Gasteiger partial charge < -0.3 is 0 Å². The summed E-state index contributed by atoms with van der Waals surface area (Å²) < 4.78 is 4.60. The Bertz CT molecular complexity index is 651. The normalized spacial score (nSPS) is 15.2. The fraction of sp³-hybridized carbons (Fsp3) is 0.333. The second-order valence-electron chi connectivity index (χ2n) is 4.39. The van der Waals surface area contributed by atoms with E-state index < -0.39 is 0 Å². The van der Waals surface area contributed by atoms with Crippen LogP contribution < -0.4 is 0 Å². The van der Waals surface area contributed by atoms with Gasteiger partial charge in [-0.2, -0.15) is 0 Å². The Morgan fingerprint density at radius 1 is 1.16 bits per heavy atom. The molecule has 0 atom stereocenters. The number of rotatable bonds is 1. The molecule has 2 heterocycles. The first kappa shape index (κ1) is 11.6. The fourth-order valence-corrected chi connectivity index (χ4v) is 2.21. The molecule has 1 saturated heterocycles. The number of fused-ring (bicyclic) bond motifs is 1. The quantitative estimate of drug-likeness (QED) is 0.758. The Morgan fingerprint density at radius 3 is 2.68 bits per heavy atom. The van der Waals surface area contributed by atoms with Crippen LogP contribution in [0, 0.1) is 0 Å². The standard InChI is InChI=1S/C12H12N4O3/c1-8(17)15-5-2-6-16(15)12(18)9-3-4-10-11(7-9)14-19-13-10/h3-4,7H,2,5-6H2,1H3. The van der Waals surface area contributed by atoms with E-state index in [2.05, 4.69) is 14.9 Å². The maximum Gasteiger partial charge on any atom is 0.272 e. The number of hydrogen-bond acceptors (Lipinski definition) is 5. The summed E-state index contributed by atoms with van der Waals surface area (Å²) in [4.78, 5) is 23.8. The molecule has 2 aromatic rings. The van der Waals surface area contributed by atoms with Crippen LogP contribution >= 0.6 is 0 Å². The van der Waals surface area contributed by atoms with Gasteiger partial charge in [0.05, 0.1) is 0 Å². The molecule has 0 radical (unpaired) electrons. The van der Waals surface area contributed by atoms with Crippen LogP contribution in [0.25, 0.3) is 11.0 Å². The highest BCUT2D eigenvalue weighted by Crippen LogP contribution is 2.18. The highest BCUT2D eigenvalue weighted by atomic mass is 16.6. The lowest BCUT2D eigenvalue weighted by Gasteiger charge is -2.26. The van der Waals surface area contributed by atoms with Gasteiger partial charge in [0.15, 0.2) is 0 Å². The van der Waals surface area contributed by atoms with Gasteiger partial charge in [0, 0.05) is 25.6 Å². The van der Waals surface area contributed by atoms with Crippen LogP contribution in [0.15, 0.2) is 22.8 Å². The summed E-state index contributed by atoms with van der Waals surface area (Å²) in [5.74, 6) is -0.340.